The Morgan fingerprint density at radius 1 is 1.26 bits per heavy atom. The number of rotatable bonds is 11. The van der Waals surface area contributed by atoms with Crippen molar-refractivity contribution >= 4 is 33.7 Å². The summed E-state index contributed by atoms with van der Waals surface area (Å²) < 4.78 is 16.5. The van der Waals surface area contributed by atoms with Gasteiger partial charge in [-0.05, 0) is 46.3 Å². The maximum atomic E-state index is 13.8. The van der Waals surface area contributed by atoms with Gasteiger partial charge in [0.15, 0.2) is 11.6 Å². The molecule has 3 rings (SSSR count). The number of hydrogen-bond acceptors (Lipinski definition) is 8. The molecule has 4 atom stereocenters. The molecule has 2 N–H and O–H groups in total. The summed E-state index contributed by atoms with van der Waals surface area (Å²) >= 11 is 3.23. The number of imide groups is 1. The molecule has 1 fully saturated rings. The zero-order valence-electron chi connectivity index (χ0n) is 19.9. The first-order chi connectivity index (χ1) is 16.7. The molecule has 1 aromatic rings. The van der Waals surface area contributed by atoms with Crippen molar-refractivity contribution in [2.24, 2.45) is 11.8 Å². The van der Waals surface area contributed by atoms with Crippen LogP contribution in [-0.4, -0.2) is 77.3 Å². The summed E-state index contributed by atoms with van der Waals surface area (Å²) in [6, 6.07) is 8.67. The van der Waals surface area contributed by atoms with Gasteiger partial charge in [-0.2, -0.15) is 0 Å². The van der Waals surface area contributed by atoms with E-state index in [0.29, 0.717) is 6.42 Å². The number of benzene rings is 1. The second-order valence-corrected chi connectivity index (χ2v) is 9.90. The third kappa shape index (κ3) is 6.56. The van der Waals surface area contributed by atoms with Crippen molar-refractivity contribution in [3.8, 4) is 0 Å². The molecule has 0 saturated carbocycles. The van der Waals surface area contributed by atoms with Gasteiger partial charge in [0.05, 0.1) is 29.7 Å². The molecule has 0 bridgehead atoms. The van der Waals surface area contributed by atoms with E-state index in [1.165, 1.54) is 6.08 Å². The Hall–Kier alpha value is -2.11. The first kappa shape index (κ1) is 27.5. The molecule has 10 heteroatoms. The Labute approximate surface area is 213 Å². The zero-order valence-corrected chi connectivity index (χ0v) is 21.5. The number of carbonyl (C=O) groups excluding carboxylic acids is 3. The van der Waals surface area contributed by atoms with Crippen LogP contribution in [0.25, 0.3) is 0 Å². The summed E-state index contributed by atoms with van der Waals surface area (Å²) in [4.78, 5) is 40.5. The standard InChI is InChI=1S/C25H32BrNO8/c1-16(2)19-15-34-24(31)27(19)23(30)18(13-17-7-4-3-5-8-17)22-20(29)14-21(26)25(32,35-22)9-6-11-33-12-10-28/h3-5,7-8,14,16,18-19,22,28,32H,6,9-13,15H2,1-2H3. The second-order valence-electron chi connectivity index (χ2n) is 9.05. The van der Waals surface area contributed by atoms with Gasteiger partial charge >= 0.3 is 6.09 Å². The van der Waals surface area contributed by atoms with E-state index in [9.17, 15) is 19.5 Å². The monoisotopic (exact) mass is 553 g/mol. The zero-order chi connectivity index (χ0) is 25.6. The fourth-order valence-corrected chi connectivity index (χ4v) is 4.75. The van der Waals surface area contributed by atoms with Crippen molar-refractivity contribution in [1.82, 2.24) is 4.90 Å². The van der Waals surface area contributed by atoms with Crippen molar-refractivity contribution in [1.29, 1.82) is 0 Å². The number of ketones is 1. The molecular weight excluding hydrogens is 522 g/mol. The smallest absolute Gasteiger partial charge is 0.416 e. The number of ether oxygens (including phenoxy) is 3. The van der Waals surface area contributed by atoms with Gasteiger partial charge in [0.2, 0.25) is 5.91 Å². The summed E-state index contributed by atoms with van der Waals surface area (Å²) in [6.45, 7) is 4.20. The fraction of sp³-hybridized carbons (Fsp3) is 0.560. The average molecular weight is 554 g/mol. The Kier molecular flexibility index (Phi) is 9.60. The predicted molar refractivity (Wildman–Crippen MR) is 129 cm³/mol. The van der Waals surface area contributed by atoms with E-state index < -0.39 is 41.6 Å². The highest BCUT2D eigenvalue weighted by molar-refractivity contribution is 9.11. The molecule has 0 spiro atoms. The molecular formula is C25H32BrNO8. The van der Waals surface area contributed by atoms with Gasteiger partial charge in [0, 0.05) is 13.0 Å². The second kappa shape index (κ2) is 12.2. The van der Waals surface area contributed by atoms with Gasteiger partial charge in [-0.3, -0.25) is 9.59 Å². The van der Waals surface area contributed by atoms with Crippen molar-refractivity contribution in [2.75, 3.05) is 26.4 Å². The van der Waals surface area contributed by atoms with Gasteiger partial charge in [0.25, 0.3) is 0 Å². The minimum atomic E-state index is -1.85. The highest BCUT2D eigenvalue weighted by atomic mass is 79.9. The Morgan fingerprint density at radius 3 is 2.63 bits per heavy atom. The molecule has 192 valence electrons. The van der Waals surface area contributed by atoms with Crippen molar-refractivity contribution in [3.63, 3.8) is 0 Å². The van der Waals surface area contributed by atoms with E-state index in [1.807, 2.05) is 44.2 Å². The maximum Gasteiger partial charge on any atom is 0.416 e. The number of halogens is 1. The molecule has 0 aromatic heterocycles. The normalized spacial score (nSPS) is 25.5. The van der Waals surface area contributed by atoms with Crippen LogP contribution in [0, 0.1) is 11.8 Å². The lowest BCUT2D eigenvalue weighted by molar-refractivity contribution is -0.218. The van der Waals surface area contributed by atoms with Crippen LogP contribution >= 0.6 is 15.9 Å². The topological polar surface area (TPSA) is 123 Å². The van der Waals surface area contributed by atoms with Gasteiger partial charge in [-0.1, -0.05) is 44.2 Å². The quantitative estimate of drug-likeness (QED) is 0.401. The highest BCUT2D eigenvalue weighted by Gasteiger charge is 2.50. The molecule has 2 aliphatic rings. The van der Waals surface area contributed by atoms with Crippen LogP contribution in [0.2, 0.25) is 0 Å². The Bertz CT molecular complexity index is 937. The lowest BCUT2D eigenvalue weighted by Crippen LogP contribution is -2.54. The first-order valence-corrected chi connectivity index (χ1v) is 12.5. The number of amides is 2. The van der Waals surface area contributed by atoms with Gasteiger partial charge in [-0.25, -0.2) is 9.69 Å². The van der Waals surface area contributed by atoms with Crippen LogP contribution in [-0.2, 0) is 30.2 Å². The SMILES string of the molecule is CC(C)C1COC(=O)N1C(=O)C(Cc1ccccc1)C1OC(O)(CCCOCCO)C(Br)=CC1=O. The molecule has 0 aliphatic carbocycles. The largest absolute Gasteiger partial charge is 0.447 e. The van der Waals surface area contributed by atoms with Crippen LogP contribution in [0.5, 0.6) is 0 Å². The molecule has 0 radical (unpaired) electrons. The summed E-state index contributed by atoms with van der Waals surface area (Å²) in [5.74, 6) is -4.02. The molecule has 2 heterocycles. The van der Waals surface area contributed by atoms with E-state index in [-0.39, 0.29) is 49.7 Å². The van der Waals surface area contributed by atoms with Crippen LogP contribution in [0.1, 0.15) is 32.3 Å². The number of carbonyl (C=O) groups is 3. The van der Waals surface area contributed by atoms with Gasteiger partial charge < -0.3 is 24.4 Å². The molecule has 1 aromatic carbocycles. The number of hydrogen-bond donors (Lipinski definition) is 2. The lowest BCUT2D eigenvalue weighted by atomic mass is 9.87. The molecule has 1 saturated heterocycles. The van der Waals surface area contributed by atoms with Crippen molar-refractivity contribution in [3.05, 3.63) is 46.5 Å². The predicted octanol–water partition coefficient (Wildman–Crippen LogP) is 2.57. The van der Waals surface area contributed by atoms with Crippen molar-refractivity contribution in [2.45, 2.75) is 51.0 Å². The number of nitrogens with zero attached hydrogens (tertiary/aromatic N) is 1. The summed E-state index contributed by atoms with van der Waals surface area (Å²) in [5, 5.41) is 20.1. The van der Waals surface area contributed by atoms with E-state index >= 15 is 0 Å². The van der Waals surface area contributed by atoms with E-state index in [1.54, 1.807) is 0 Å². The Balaban J connectivity index is 1.89. The first-order valence-electron chi connectivity index (χ1n) is 11.7. The number of cyclic esters (lactones) is 1. The third-order valence-electron chi connectivity index (χ3n) is 6.18. The van der Waals surface area contributed by atoms with Crippen molar-refractivity contribution < 1.29 is 38.8 Å². The van der Waals surface area contributed by atoms with E-state index in [4.69, 9.17) is 19.3 Å². The fourth-order valence-electron chi connectivity index (χ4n) is 4.23. The summed E-state index contributed by atoms with van der Waals surface area (Å²) in [5.41, 5.74) is 0.783. The molecule has 35 heavy (non-hydrogen) atoms. The highest BCUT2D eigenvalue weighted by Crippen LogP contribution is 2.38. The summed E-state index contributed by atoms with van der Waals surface area (Å²) in [7, 11) is 0. The average Bonchev–Trinajstić information content (AvgIpc) is 3.22. The van der Waals surface area contributed by atoms with Crippen LogP contribution < -0.4 is 0 Å². The molecule has 2 amide bonds. The molecule has 4 unspecified atom stereocenters. The molecule has 9 nitrogen and oxygen atoms in total. The lowest BCUT2D eigenvalue weighted by Gasteiger charge is -2.39. The maximum absolute atomic E-state index is 13.8. The molecule has 2 aliphatic heterocycles. The number of aliphatic hydroxyl groups excluding tert-OH is 1. The summed E-state index contributed by atoms with van der Waals surface area (Å²) in [6.07, 6.45) is -0.226. The van der Waals surface area contributed by atoms with E-state index in [2.05, 4.69) is 15.9 Å². The number of aliphatic hydroxyl groups is 2. The van der Waals surface area contributed by atoms with Crippen LogP contribution in [0.3, 0.4) is 0 Å². The van der Waals surface area contributed by atoms with E-state index in [0.717, 1.165) is 10.5 Å². The minimum Gasteiger partial charge on any atom is -0.447 e. The minimum absolute atomic E-state index is 0.0457. The Morgan fingerprint density at radius 2 is 1.97 bits per heavy atom. The van der Waals surface area contributed by atoms with Crippen LogP contribution in [0.4, 0.5) is 4.79 Å². The third-order valence-corrected chi connectivity index (χ3v) is 7.03. The van der Waals surface area contributed by atoms with Crippen LogP contribution in [0.15, 0.2) is 40.9 Å². The van der Waals surface area contributed by atoms with Gasteiger partial charge in [-0.15, -0.1) is 0 Å². The van der Waals surface area contributed by atoms with Gasteiger partial charge in [0.1, 0.15) is 12.7 Å².